The molecule has 1 aliphatic heterocycles. The molecule has 2 unspecified atom stereocenters. The van der Waals surface area contributed by atoms with Crippen LogP contribution in [0.15, 0.2) is 4.90 Å². The molecular formula is C13H21N3O3S2. The fourth-order valence-electron chi connectivity index (χ4n) is 2.56. The first kappa shape index (κ1) is 16.1. The normalized spacial score (nSPS) is 22.6. The lowest BCUT2D eigenvalue weighted by Crippen LogP contribution is -2.20. The minimum atomic E-state index is -3.49. The second-order valence-corrected chi connectivity index (χ2v) is 8.64. The maximum Gasteiger partial charge on any atom is 0.263 e. The Hall–Kier alpha value is -1.28. The smallest absolute Gasteiger partial charge is 0.263 e. The number of hydrogen-bond acceptors (Lipinski definition) is 6. The highest BCUT2D eigenvalue weighted by molar-refractivity contribution is 7.91. The van der Waals surface area contributed by atoms with E-state index in [2.05, 4.69) is 19.2 Å². The lowest BCUT2D eigenvalue weighted by atomic mass is 10.0. The molecule has 0 bridgehead atoms. The van der Waals surface area contributed by atoms with Gasteiger partial charge >= 0.3 is 0 Å². The van der Waals surface area contributed by atoms with Crippen LogP contribution in [0.4, 0.5) is 10.7 Å². The summed E-state index contributed by atoms with van der Waals surface area (Å²) in [4.78, 5) is 14.3. The van der Waals surface area contributed by atoms with E-state index in [1.807, 2.05) is 4.90 Å². The highest BCUT2D eigenvalue weighted by Gasteiger charge is 2.34. The Kier molecular flexibility index (Phi) is 4.21. The Morgan fingerprint density at radius 2 is 1.86 bits per heavy atom. The maximum atomic E-state index is 12.1. The summed E-state index contributed by atoms with van der Waals surface area (Å²) in [5, 5.41) is 3.09. The van der Waals surface area contributed by atoms with E-state index in [-0.39, 0.29) is 21.4 Å². The molecule has 2 rings (SSSR count). The highest BCUT2D eigenvalue weighted by Crippen LogP contribution is 2.43. The summed E-state index contributed by atoms with van der Waals surface area (Å²) in [6.07, 6.45) is 1.13. The van der Waals surface area contributed by atoms with Crippen molar-refractivity contribution < 1.29 is 13.2 Å². The third kappa shape index (κ3) is 2.87. The number of nitrogens with two attached hydrogens (primary N) is 1. The van der Waals surface area contributed by atoms with Gasteiger partial charge in [-0.2, -0.15) is 0 Å². The monoisotopic (exact) mass is 331 g/mol. The Labute approximate surface area is 129 Å². The zero-order valence-electron chi connectivity index (χ0n) is 12.6. The largest absolute Gasteiger partial charge is 0.396 e. The lowest BCUT2D eigenvalue weighted by molar-refractivity contribution is 0.0968. The number of nitrogens with zero attached hydrogens (tertiary/aromatic N) is 1. The molecule has 1 aliphatic rings. The van der Waals surface area contributed by atoms with Crippen LogP contribution < -0.4 is 16.0 Å². The molecule has 1 aromatic rings. The van der Waals surface area contributed by atoms with E-state index in [1.165, 1.54) is 7.05 Å². The number of nitrogens with one attached hydrogen (secondary N) is 1. The van der Waals surface area contributed by atoms with Crippen molar-refractivity contribution in [3.63, 3.8) is 0 Å². The van der Waals surface area contributed by atoms with Gasteiger partial charge in [0.15, 0.2) is 9.84 Å². The predicted molar refractivity (Wildman–Crippen MR) is 85.8 cm³/mol. The molecule has 1 aromatic heterocycles. The SMILES string of the molecule is CNC(=O)c1sc(N2CC(C)C(C)C2)c(S(C)(=O)=O)c1N. The number of carbonyl (C=O) groups excluding carboxylic acids is 1. The second-order valence-electron chi connectivity index (χ2n) is 5.69. The Balaban J connectivity index is 2.57. The minimum absolute atomic E-state index is 0.0593. The number of sulfone groups is 1. The zero-order chi connectivity index (χ0) is 15.9. The first-order valence-corrected chi connectivity index (χ1v) is 9.47. The number of amides is 1. The highest BCUT2D eigenvalue weighted by atomic mass is 32.2. The van der Waals surface area contributed by atoms with Crippen LogP contribution in [-0.2, 0) is 9.84 Å². The molecular weight excluding hydrogens is 310 g/mol. The van der Waals surface area contributed by atoms with E-state index in [4.69, 9.17) is 5.73 Å². The van der Waals surface area contributed by atoms with Crippen LogP contribution in [0.3, 0.4) is 0 Å². The van der Waals surface area contributed by atoms with Crippen molar-refractivity contribution in [3.05, 3.63) is 4.88 Å². The van der Waals surface area contributed by atoms with Gasteiger partial charge in [0.1, 0.15) is 14.8 Å². The standard InChI is InChI=1S/C13H21N3O3S2/c1-7-5-16(6-8(7)2)13-11(21(4,18)19)9(14)10(20-13)12(17)15-3/h7-8H,5-6,14H2,1-4H3,(H,15,17). The molecule has 0 saturated carbocycles. The van der Waals surface area contributed by atoms with Gasteiger partial charge in [0, 0.05) is 26.4 Å². The Morgan fingerprint density at radius 1 is 1.33 bits per heavy atom. The fourth-order valence-corrected chi connectivity index (χ4v) is 5.23. The van der Waals surface area contributed by atoms with Crippen LogP contribution >= 0.6 is 11.3 Å². The summed E-state index contributed by atoms with van der Waals surface area (Å²) in [7, 11) is -1.99. The molecule has 8 heteroatoms. The summed E-state index contributed by atoms with van der Waals surface area (Å²) < 4.78 is 24.2. The average molecular weight is 331 g/mol. The van der Waals surface area contributed by atoms with Gasteiger partial charge in [0.25, 0.3) is 5.91 Å². The van der Waals surface area contributed by atoms with E-state index in [9.17, 15) is 13.2 Å². The number of thiophene rings is 1. The van der Waals surface area contributed by atoms with E-state index in [0.29, 0.717) is 16.8 Å². The van der Waals surface area contributed by atoms with Crippen molar-refractivity contribution in [2.45, 2.75) is 18.7 Å². The molecule has 6 nitrogen and oxygen atoms in total. The fraction of sp³-hybridized carbons (Fsp3) is 0.615. The number of carbonyl (C=O) groups is 1. The zero-order valence-corrected chi connectivity index (χ0v) is 14.3. The van der Waals surface area contributed by atoms with E-state index in [1.54, 1.807) is 0 Å². The number of hydrogen-bond donors (Lipinski definition) is 2. The molecule has 1 fully saturated rings. The molecule has 1 saturated heterocycles. The average Bonchev–Trinajstić information content (AvgIpc) is 2.89. The lowest BCUT2D eigenvalue weighted by Gasteiger charge is -2.17. The van der Waals surface area contributed by atoms with Crippen molar-refractivity contribution in [2.24, 2.45) is 11.8 Å². The van der Waals surface area contributed by atoms with Gasteiger partial charge in [-0.05, 0) is 11.8 Å². The Morgan fingerprint density at radius 3 is 2.29 bits per heavy atom. The van der Waals surface area contributed by atoms with Gasteiger partial charge in [-0.3, -0.25) is 4.79 Å². The summed E-state index contributed by atoms with van der Waals surface area (Å²) in [5.74, 6) is 0.599. The molecule has 0 aliphatic carbocycles. The van der Waals surface area contributed by atoms with Crippen LogP contribution in [0, 0.1) is 11.8 Å². The third-order valence-electron chi connectivity index (χ3n) is 3.96. The van der Waals surface area contributed by atoms with Gasteiger partial charge in [-0.25, -0.2) is 8.42 Å². The minimum Gasteiger partial charge on any atom is -0.396 e. The first-order chi connectivity index (χ1) is 9.66. The van der Waals surface area contributed by atoms with Crippen molar-refractivity contribution in [1.29, 1.82) is 0 Å². The summed E-state index contributed by atoms with van der Waals surface area (Å²) in [6.45, 7) is 5.83. The van der Waals surface area contributed by atoms with Crippen molar-refractivity contribution in [2.75, 3.05) is 37.0 Å². The van der Waals surface area contributed by atoms with Crippen molar-refractivity contribution in [3.8, 4) is 0 Å². The van der Waals surface area contributed by atoms with Gasteiger partial charge < -0.3 is 16.0 Å². The molecule has 0 aromatic carbocycles. The van der Waals surface area contributed by atoms with Crippen molar-refractivity contribution in [1.82, 2.24) is 5.32 Å². The third-order valence-corrected chi connectivity index (χ3v) is 6.51. The molecule has 2 heterocycles. The summed E-state index contributed by atoms with van der Waals surface area (Å²) >= 11 is 1.16. The molecule has 1 amide bonds. The van der Waals surface area contributed by atoms with Crippen LogP contribution in [0.1, 0.15) is 23.5 Å². The summed E-state index contributed by atoms with van der Waals surface area (Å²) in [5.41, 5.74) is 6.01. The predicted octanol–water partition coefficient (Wildman–Crippen LogP) is 1.19. The Bertz CT molecular complexity index is 656. The number of anilines is 2. The van der Waals surface area contributed by atoms with E-state index < -0.39 is 9.84 Å². The molecule has 0 radical (unpaired) electrons. The van der Waals surface area contributed by atoms with Gasteiger partial charge in [0.05, 0.1) is 5.69 Å². The molecule has 0 spiro atoms. The molecule has 21 heavy (non-hydrogen) atoms. The first-order valence-electron chi connectivity index (χ1n) is 6.76. The molecule has 118 valence electrons. The number of rotatable bonds is 3. The van der Waals surface area contributed by atoms with Crippen LogP contribution in [-0.4, -0.2) is 40.7 Å². The van der Waals surface area contributed by atoms with Crippen LogP contribution in [0.5, 0.6) is 0 Å². The van der Waals surface area contributed by atoms with Crippen molar-refractivity contribution >= 4 is 37.8 Å². The summed E-state index contributed by atoms with van der Waals surface area (Å²) in [6, 6.07) is 0. The quantitative estimate of drug-likeness (QED) is 0.868. The second kappa shape index (κ2) is 5.49. The van der Waals surface area contributed by atoms with Gasteiger partial charge in [-0.1, -0.05) is 13.8 Å². The van der Waals surface area contributed by atoms with Gasteiger partial charge in [0.2, 0.25) is 0 Å². The maximum absolute atomic E-state index is 12.1. The number of nitrogen functional groups attached to an aromatic ring is 1. The van der Waals surface area contributed by atoms with E-state index >= 15 is 0 Å². The van der Waals surface area contributed by atoms with Crippen LogP contribution in [0.25, 0.3) is 0 Å². The molecule has 2 atom stereocenters. The topological polar surface area (TPSA) is 92.5 Å². The van der Waals surface area contributed by atoms with Crippen LogP contribution in [0.2, 0.25) is 0 Å². The van der Waals surface area contributed by atoms with Gasteiger partial charge in [-0.15, -0.1) is 11.3 Å². The van der Waals surface area contributed by atoms with E-state index in [0.717, 1.165) is 30.7 Å². The molecule has 3 N–H and O–H groups in total.